The summed E-state index contributed by atoms with van der Waals surface area (Å²) in [6.45, 7) is 2.64. The Balaban J connectivity index is 1.54. The maximum absolute atomic E-state index is 14.6. The molecule has 2 aliphatic rings. The van der Waals surface area contributed by atoms with Gasteiger partial charge < -0.3 is 0 Å². The molecule has 1 heterocycles. The summed E-state index contributed by atoms with van der Waals surface area (Å²) in [5.74, 6) is -6.26. The van der Waals surface area contributed by atoms with Crippen LogP contribution in [0.1, 0.15) is 50.2 Å². The average molecular weight is 584 g/mol. The minimum Gasteiger partial charge on any atom is -0.279 e. The molecule has 2 aromatic rings. The Morgan fingerprint density at radius 1 is 1.08 bits per heavy atom. The number of nitrogens with one attached hydrogen (secondary N) is 1. The molecule has 2 fully saturated rings. The smallest absolute Gasteiger partial charge is 0.279 e. The number of nitro groups is 1. The predicted molar refractivity (Wildman–Crippen MR) is 139 cm³/mol. The number of rotatable bonds is 7. The zero-order valence-electron chi connectivity index (χ0n) is 20.9. The summed E-state index contributed by atoms with van der Waals surface area (Å²) in [7, 11) is -5.03. The van der Waals surface area contributed by atoms with Gasteiger partial charge in [0.15, 0.2) is 16.5 Å². The molecule has 1 N–H and O–H groups in total. The topological polar surface area (TPSA) is 127 Å². The molecule has 2 aromatic carbocycles. The molecule has 1 unspecified atom stereocenters. The number of carbonyl (C=O) groups is 2. The van der Waals surface area contributed by atoms with Crippen molar-refractivity contribution < 1.29 is 36.1 Å². The van der Waals surface area contributed by atoms with E-state index in [9.17, 15) is 41.3 Å². The third-order valence-electron chi connectivity index (χ3n) is 6.96. The summed E-state index contributed by atoms with van der Waals surface area (Å²) in [6.07, 6.45) is 6.67. The van der Waals surface area contributed by atoms with Gasteiger partial charge >= 0.3 is 5.69 Å². The maximum atomic E-state index is 14.6. The van der Waals surface area contributed by atoms with E-state index in [4.69, 9.17) is 0 Å². The SMILES string of the molecule is Cc1c(F)c(S(=O)(=O)Nc2ccc(C=C3SC(=O)N(C(C)C4CCCCC4)C3=O)cc2)c(F)c(F)c1[N+](=O)[O-]. The molecule has 1 atom stereocenters. The number of nitrogens with zero attached hydrogens (tertiary/aromatic N) is 2. The van der Waals surface area contributed by atoms with Gasteiger partial charge in [-0.3, -0.25) is 29.3 Å². The normalized spacial score (nSPS) is 18.6. The molecule has 2 amide bonds. The van der Waals surface area contributed by atoms with Crippen molar-refractivity contribution in [3.63, 3.8) is 0 Å². The highest BCUT2D eigenvalue weighted by Crippen LogP contribution is 2.38. The monoisotopic (exact) mass is 583 g/mol. The number of thioether (sulfide) groups is 1. The summed E-state index contributed by atoms with van der Waals surface area (Å²) in [4.78, 5) is 35.0. The van der Waals surface area contributed by atoms with Crippen LogP contribution in [0.2, 0.25) is 0 Å². The Kier molecular flexibility index (Phi) is 8.07. The van der Waals surface area contributed by atoms with Gasteiger partial charge in [0.2, 0.25) is 5.82 Å². The fourth-order valence-corrected chi connectivity index (χ4v) is 7.03. The number of carbonyl (C=O) groups excluding carboxylic acids is 2. The van der Waals surface area contributed by atoms with Crippen molar-refractivity contribution in [2.75, 3.05) is 4.72 Å². The highest BCUT2D eigenvalue weighted by molar-refractivity contribution is 8.18. The van der Waals surface area contributed by atoms with E-state index in [2.05, 4.69) is 0 Å². The molecule has 0 bridgehead atoms. The second-order valence-electron chi connectivity index (χ2n) is 9.42. The van der Waals surface area contributed by atoms with E-state index < -0.39 is 54.5 Å². The first-order chi connectivity index (χ1) is 18.3. The molecule has 208 valence electrons. The minimum absolute atomic E-state index is 0.151. The molecule has 1 saturated heterocycles. The second-order valence-corrected chi connectivity index (χ2v) is 12.0. The zero-order chi connectivity index (χ0) is 28.6. The molecular weight excluding hydrogens is 559 g/mol. The third-order valence-corrected chi connectivity index (χ3v) is 9.24. The van der Waals surface area contributed by atoms with Crippen LogP contribution in [0.4, 0.5) is 29.3 Å². The van der Waals surface area contributed by atoms with Crippen LogP contribution in [-0.4, -0.2) is 35.4 Å². The third kappa shape index (κ3) is 5.53. The molecule has 1 aliphatic heterocycles. The second kappa shape index (κ2) is 11.0. The summed E-state index contributed by atoms with van der Waals surface area (Å²) in [5.41, 5.74) is -2.17. The van der Waals surface area contributed by atoms with Crippen molar-refractivity contribution in [3.8, 4) is 0 Å². The van der Waals surface area contributed by atoms with Gasteiger partial charge in [-0.2, -0.15) is 4.39 Å². The lowest BCUT2D eigenvalue weighted by Crippen LogP contribution is -2.42. The summed E-state index contributed by atoms with van der Waals surface area (Å²) in [6, 6.07) is 5.06. The largest absolute Gasteiger partial charge is 0.313 e. The molecule has 1 saturated carbocycles. The average Bonchev–Trinajstić information content (AvgIpc) is 3.16. The number of benzene rings is 2. The van der Waals surface area contributed by atoms with E-state index in [-0.39, 0.29) is 27.8 Å². The summed E-state index contributed by atoms with van der Waals surface area (Å²) >= 11 is 0.810. The van der Waals surface area contributed by atoms with Gasteiger partial charge in [-0.25, -0.2) is 17.2 Å². The predicted octanol–water partition coefficient (Wildman–Crippen LogP) is 6.13. The number of hydrogen-bond acceptors (Lipinski definition) is 7. The number of amides is 2. The summed E-state index contributed by atoms with van der Waals surface area (Å²) < 4.78 is 70.5. The first kappa shape index (κ1) is 28.6. The number of anilines is 1. The molecule has 9 nitrogen and oxygen atoms in total. The van der Waals surface area contributed by atoms with Crippen molar-refractivity contribution in [2.45, 2.75) is 56.9 Å². The molecular formula is C25H24F3N3O6S2. The maximum Gasteiger partial charge on any atom is 0.313 e. The minimum atomic E-state index is -5.03. The van der Waals surface area contributed by atoms with Crippen LogP contribution < -0.4 is 4.72 Å². The highest BCUT2D eigenvalue weighted by Gasteiger charge is 2.41. The van der Waals surface area contributed by atoms with E-state index in [0.29, 0.717) is 5.56 Å². The number of nitro benzene ring substituents is 1. The Hall–Kier alpha value is -3.39. The Labute approximate surface area is 226 Å². The standard InChI is InChI=1S/C25H24F3N3O6S2/c1-13-19(26)23(21(28)20(27)22(13)31(34)35)39(36,37)29-17-10-8-15(9-11-17)12-18-24(32)30(25(33)38-18)14(2)16-6-4-3-5-7-16/h8-12,14,16,29H,3-7H2,1-2H3. The first-order valence-electron chi connectivity index (χ1n) is 12.0. The van der Waals surface area contributed by atoms with Crippen molar-refractivity contribution in [2.24, 2.45) is 5.92 Å². The van der Waals surface area contributed by atoms with Crippen LogP contribution in [0, 0.1) is 40.4 Å². The van der Waals surface area contributed by atoms with Crippen molar-refractivity contribution in [3.05, 3.63) is 67.9 Å². The van der Waals surface area contributed by atoms with E-state index in [0.717, 1.165) is 50.8 Å². The number of sulfonamides is 1. The van der Waals surface area contributed by atoms with Crippen LogP contribution in [0.5, 0.6) is 0 Å². The lowest BCUT2D eigenvalue weighted by atomic mass is 9.84. The first-order valence-corrected chi connectivity index (χ1v) is 14.3. The molecule has 0 aromatic heterocycles. The number of halogens is 3. The zero-order valence-corrected chi connectivity index (χ0v) is 22.5. The molecule has 4 rings (SSSR count). The van der Waals surface area contributed by atoms with E-state index in [1.807, 2.05) is 11.6 Å². The van der Waals surface area contributed by atoms with E-state index >= 15 is 0 Å². The van der Waals surface area contributed by atoms with Crippen LogP contribution >= 0.6 is 11.8 Å². The lowest BCUT2D eigenvalue weighted by Gasteiger charge is -2.32. The Morgan fingerprint density at radius 3 is 2.28 bits per heavy atom. The van der Waals surface area contributed by atoms with Gasteiger partial charge in [0.05, 0.1) is 15.4 Å². The molecule has 14 heteroatoms. The van der Waals surface area contributed by atoms with E-state index in [1.54, 1.807) is 0 Å². The van der Waals surface area contributed by atoms with Gasteiger partial charge in [-0.15, -0.1) is 0 Å². The van der Waals surface area contributed by atoms with Gasteiger partial charge in [-0.1, -0.05) is 31.4 Å². The van der Waals surface area contributed by atoms with Crippen LogP contribution in [0.3, 0.4) is 0 Å². The summed E-state index contributed by atoms with van der Waals surface area (Å²) in [5, 5.41) is 10.6. The number of imide groups is 1. The van der Waals surface area contributed by atoms with E-state index in [1.165, 1.54) is 35.2 Å². The van der Waals surface area contributed by atoms with Crippen LogP contribution in [-0.2, 0) is 14.8 Å². The van der Waals surface area contributed by atoms with Gasteiger partial charge in [-0.05, 0) is 68.1 Å². The quantitative estimate of drug-likeness (QED) is 0.180. The van der Waals surface area contributed by atoms with Crippen molar-refractivity contribution in [1.82, 2.24) is 4.90 Å². The van der Waals surface area contributed by atoms with Gasteiger partial charge in [0.25, 0.3) is 21.2 Å². The molecule has 39 heavy (non-hydrogen) atoms. The fourth-order valence-electron chi connectivity index (χ4n) is 4.86. The molecule has 0 spiro atoms. The lowest BCUT2D eigenvalue weighted by molar-refractivity contribution is -0.388. The molecule has 0 radical (unpaired) electrons. The fraction of sp³-hybridized carbons (Fsp3) is 0.360. The van der Waals surface area contributed by atoms with Crippen LogP contribution in [0.15, 0.2) is 34.1 Å². The van der Waals surface area contributed by atoms with Crippen molar-refractivity contribution >= 4 is 50.4 Å². The molecule has 1 aliphatic carbocycles. The van der Waals surface area contributed by atoms with Crippen LogP contribution in [0.25, 0.3) is 6.08 Å². The Morgan fingerprint density at radius 2 is 1.69 bits per heavy atom. The van der Waals surface area contributed by atoms with Gasteiger partial charge in [0.1, 0.15) is 0 Å². The van der Waals surface area contributed by atoms with Gasteiger partial charge in [0, 0.05) is 11.7 Å². The number of hydrogen-bond donors (Lipinski definition) is 1. The highest BCUT2D eigenvalue weighted by atomic mass is 32.2. The van der Waals surface area contributed by atoms with Crippen molar-refractivity contribution in [1.29, 1.82) is 0 Å². The Bertz CT molecular complexity index is 1460.